The first-order valence-corrected chi connectivity index (χ1v) is 5.23. The molecule has 7 heteroatoms. The van der Waals surface area contributed by atoms with Crippen molar-refractivity contribution in [2.45, 2.75) is 6.92 Å². The van der Waals surface area contributed by atoms with Crippen molar-refractivity contribution in [1.29, 1.82) is 0 Å². The summed E-state index contributed by atoms with van der Waals surface area (Å²) in [6, 6.07) is 2.38. The van der Waals surface area contributed by atoms with Crippen molar-refractivity contribution in [2.75, 3.05) is 24.1 Å². The Labute approximate surface area is 103 Å². The molecule has 1 rings (SSSR count). The third kappa shape index (κ3) is 3.34. The van der Waals surface area contributed by atoms with Crippen molar-refractivity contribution < 1.29 is 19.1 Å². The van der Waals surface area contributed by atoms with Gasteiger partial charge in [-0.2, -0.15) is 0 Å². The van der Waals surface area contributed by atoms with Gasteiger partial charge in [-0.25, -0.2) is 9.18 Å². The Bertz CT molecular complexity index is 477. The zero-order chi connectivity index (χ0) is 13.7. The summed E-state index contributed by atoms with van der Waals surface area (Å²) in [5.74, 6) is -2.28. The lowest BCUT2D eigenvalue weighted by Crippen LogP contribution is -2.26. The molecule has 0 fully saturated rings. The molecule has 18 heavy (non-hydrogen) atoms. The van der Waals surface area contributed by atoms with Crippen LogP contribution in [0, 0.1) is 5.82 Å². The van der Waals surface area contributed by atoms with Crippen LogP contribution in [-0.2, 0) is 4.79 Å². The monoisotopic (exact) mass is 255 g/mol. The standard InChI is InChI=1S/C11H14FN3O3/c1-6(16)14-4-5-15-8-3-2-7(12)10(13)9(8)11(17)18/h2-3,15H,4-5,13H2,1H3,(H,14,16)(H,17,18). The molecule has 98 valence electrons. The van der Waals surface area contributed by atoms with Crippen LogP contribution >= 0.6 is 0 Å². The Balaban J connectivity index is 2.79. The molecule has 0 radical (unpaired) electrons. The fraction of sp³-hybridized carbons (Fsp3) is 0.273. The summed E-state index contributed by atoms with van der Waals surface area (Å²) >= 11 is 0. The number of nitrogens with one attached hydrogen (secondary N) is 2. The van der Waals surface area contributed by atoms with Crippen LogP contribution in [-0.4, -0.2) is 30.1 Å². The second kappa shape index (κ2) is 5.85. The lowest BCUT2D eigenvalue weighted by Gasteiger charge is -2.12. The maximum absolute atomic E-state index is 13.1. The van der Waals surface area contributed by atoms with Crippen molar-refractivity contribution in [2.24, 2.45) is 0 Å². The normalized spacial score (nSPS) is 9.89. The van der Waals surface area contributed by atoms with Gasteiger partial charge in [-0.15, -0.1) is 0 Å². The van der Waals surface area contributed by atoms with Gasteiger partial charge in [0.2, 0.25) is 5.91 Å². The summed E-state index contributed by atoms with van der Waals surface area (Å²) in [6.45, 7) is 2.01. The average Bonchev–Trinajstić information content (AvgIpc) is 2.28. The van der Waals surface area contributed by atoms with Crippen LogP contribution in [0.4, 0.5) is 15.8 Å². The molecule has 1 amide bonds. The molecular formula is C11H14FN3O3. The van der Waals surface area contributed by atoms with E-state index in [4.69, 9.17) is 10.8 Å². The highest BCUT2D eigenvalue weighted by Gasteiger charge is 2.16. The van der Waals surface area contributed by atoms with Crippen molar-refractivity contribution in [3.8, 4) is 0 Å². The number of amides is 1. The van der Waals surface area contributed by atoms with Crippen LogP contribution in [0.25, 0.3) is 0 Å². The number of carboxylic acid groups (broad SMARTS) is 1. The van der Waals surface area contributed by atoms with E-state index in [1.165, 1.54) is 13.0 Å². The van der Waals surface area contributed by atoms with Crippen LogP contribution in [0.5, 0.6) is 0 Å². The molecule has 0 heterocycles. The van der Waals surface area contributed by atoms with E-state index in [1.807, 2.05) is 0 Å². The molecule has 0 saturated heterocycles. The summed E-state index contributed by atoms with van der Waals surface area (Å²) in [6.07, 6.45) is 0. The van der Waals surface area contributed by atoms with E-state index in [9.17, 15) is 14.0 Å². The van der Waals surface area contributed by atoms with E-state index < -0.39 is 17.5 Å². The quantitative estimate of drug-likeness (QED) is 0.457. The summed E-state index contributed by atoms with van der Waals surface area (Å²) in [5, 5.41) is 14.3. The lowest BCUT2D eigenvalue weighted by molar-refractivity contribution is -0.118. The first kappa shape index (κ1) is 13.8. The molecule has 0 atom stereocenters. The zero-order valence-electron chi connectivity index (χ0n) is 9.79. The number of rotatable bonds is 5. The Morgan fingerprint density at radius 2 is 2.06 bits per heavy atom. The number of nitrogens with two attached hydrogens (primary N) is 1. The van der Waals surface area contributed by atoms with Crippen molar-refractivity contribution >= 4 is 23.3 Å². The number of benzene rings is 1. The largest absolute Gasteiger partial charge is 0.478 e. The van der Waals surface area contributed by atoms with Gasteiger partial charge in [-0.1, -0.05) is 0 Å². The van der Waals surface area contributed by atoms with Gasteiger partial charge in [0, 0.05) is 20.0 Å². The molecule has 0 bridgehead atoms. The van der Waals surface area contributed by atoms with Gasteiger partial charge in [-0.05, 0) is 12.1 Å². The van der Waals surface area contributed by atoms with Crippen molar-refractivity contribution in [1.82, 2.24) is 5.32 Å². The summed E-state index contributed by atoms with van der Waals surface area (Å²) in [7, 11) is 0. The third-order valence-corrected chi connectivity index (χ3v) is 2.22. The topological polar surface area (TPSA) is 104 Å². The predicted octanol–water partition coefficient (Wildman–Crippen LogP) is 0.654. The number of carboxylic acids is 1. The molecule has 0 aliphatic carbocycles. The lowest BCUT2D eigenvalue weighted by atomic mass is 10.1. The molecular weight excluding hydrogens is 241 g/mol. The van der Waals surface area contributed by atoms with E-state index in [1.54, 1.807) is 0 Å². The molecule has 5 N–H and O–H groups in total. The minimum Gasteiger partial charge on any atom is -0.478 e. The minimum absolute atomic E-state index is 0.186. The minimum atomic E-state index is -1.31. The zero-order valence-corrected chi connectivity index (χ0v) is 9.79. The molecule has 0 aromatic heterocycles. The van der Waals surface area contributed by atoms with Crippen LogP contribution in [0.2, 0.25) is 0 Å². The molecule has 0 saturated carbocycles. The number of hydrogen-bond acceptors (Lipinski definition) is 4. The van der Waals surface area contributed by atoms with Crippen molar-refractivity contribution in [3.63, 3.8) is 0 Å². The van der Waals surface area contributed by atoms with E-state index in [0.717, 1.165) is 6.07 Å². The highest BCUT2D eigenvalue weighted by molar-refractivity contribution is 6.00. The van der Waals surface area contributed by atoms with Gasteiger partial charge in [0.05, 0.1) is 11.4 Å². The molecule has 0 aliphatic rings. The average molecular weight is 255 g/mol. The molecule has 6 nitrogen and oxygen atoms in total. The Hall–Kier alpha value is -2.31. The summed E-state index contributed by atoms with van der Waals surface area (Å²) < 4.78 is 13.1. The highest BCUT2D eigenvalue weighted by atomic mass is 19.1. The van der Waals surface area contributed by atoms with Gasteiger partial charge >= 0.3 is 5.97 Å². The third-order valence-electron chi connectivity index (χ3n) is 2.22. The Morgan fingerprint density at radius 1 is 1.39 bits per heavy atom. The van der Waals surface area contributed by atoms with Crippen LogP contribution in [0.3, 0.4) is 0 Å². The van der Waals surface area contributed by atoms with Gasteiger partial charge in [0.15, 0.2) is 0 Å². The predicted molar refractivity (Wildman–Crippen MR) is 64.9 cm³/mol. The van der Waals surface area contributed by atoms with Gasteiger partial charge in [-0.3, -0.25) is 4.79 Å². The first-order chi connectivity index (χ1) is 8.43. The smallest absolute Gasteiger partial charge is 0.340 e. The van der Waals surface area contributed by atoms with Crippen LogP contribution in [0.1, 0.15) is 17.3 Å². The second-order valence-corrected chi connectivity index (χ2v) is 3.60. The van der Waals surface area contributed by atoms with E-state index >= 15 is 0 Å². The molecule has 1 aromatic rings. The second-order valence-electron chi connectivity index (χ2n) is 3.60. The fourth-order valence-electron chi connectivity index (χ4n) is 1.41. The first-order valence-electron chi connectivity index (χ1n) is 5.23. The van der Waals surface area contributed by atoms with E-state index in [2.05, 4.69) is 10.6 Å². The number of halogens is 1. The summed E-state index contributed by atoms with van der Waals surface area (Å²) in [4.78, 5) is 21.6. The molecule has 0 unspecified atom stereocenters. The number of carbonyl (C=O) groups is 2. The SMILES string of the molecule is CC(=O)NCCNc1ccc(F)c(N)c1C(=O)O. The van der Waals surface area contributed by atoms with E-state index in [0.29, 0.717) is 13.1 Å². The molecule has 1 aromatic carbocycles. The Morgan fingerprint density at radius 3 is 2.61 bits per heavy atom. The van der Waals surface area contributed by atoms with E-state index in [-0.39, 0.29) is 17.2 Å². The molecule has 0 spiro atoms. The number of carbonyl (C=O) groups excluding carboxylic acids is 1. The van der Waals surface area contributed by atoms with Gasteiger partial charge in [0.1, 0.15) is 11.4 Å². The molecule has 0 aliphatic heterocycles. The van der Waals surface area contributed by atoms with Crippen LogP contribution < -0.4 is 16.4 Å². The highest BCUT2D eigenvalue weighted by Crippen LogP contribution is 2.24. The van der Waals surface area contributed by atoms with Gasteiger partial charge in [0.25, 0.3) is 0 Å². The fourth-order valence-corrected chi connectivity index (χ4v) is 1.41. The van der Waals surface area contributed by atoms with Crippen LogP contribution in [0.15, 0.2) is 12.1 Å². The number of aromatic carboxylic acids is 1. The number of anilines is 2. The Kier molecular flexibility index (Phi) is 4.47. The number of hydrogen-bond donors (Lipinski definition) is 4. The number of nitrogen functional groups attached to an aromatic ring is 1. The maximum Gasteiger partial charge on any atom is 0.340 e. The van der Waals surface area contributed by atoms with Gasteiger partial charge < -0.3 is 21.5 Å². The maximum atomic E-state index is 13.1. The van der Waals surface area contributed by atoms with Crippen molar-refractivity contribution in [3.05, 3.63) is 23.5 Å². The summed E-state index contributed by atoms with van der Waals surface area (Å²) in [5.41, 5.74) is 4.87.